The van der Waals surface area contributed by atoms with Gasteiger partial charge in [-0.25, -0.2) is 9.82 Å². The number of hydrogen-bond acceptors (Lipinski definition) is 4. The molecule has 0 atom stereocenters. The Morgan fingerprint density at radius 3 is 2.43 bits per heavy atom. The Morgan fingerprint density at radius 2 is 1.70 bits per heavy atom. The number of nitrogens with one attached hydrogen (secondary N) is 2. The average molecular weight is 405 g/mol. The Labute approximate surface area is 173 Å². The number of aryl methyl sites for hydroxylation is 1. The zero-order chi connectivity index (χ0) is 21.3. The number of rotatable bonds is 7. The van der Waals surface area contributed by atoms with Gasteiger partial charge in [-0.3, -0.25) is 9.59 Å². The highest BCUT2D eigenvalue weighted by atomic mass is 19.1. The lowest BCUT2D eigenvalue weighted by atomic mass is 10.2. The van der Waals surface area contributed by atoms with Crippen molar-refractivity contribution in [2.75, 3.05) is 11.9 Å². The van der Waals surface area contributed by atoms with Gasteiger partial charge in [0.15, 0.2) is 6.61 Å². The third kappa shape index (κ3) is 5.75. The van der Waals surface area contributed by atoms with Gasteiger partial charge >= 0.3 is 0 Å². The largest absolute Gasteiger partial charge is 0.484 e. The molecule has 2 amide bonds. The number of nitrogens with zero attached hydrogens (tertiary/aromatic N) is 1. The lowest BCUT2D eigenvalue weighted by Crippen LogP contribution is -2.20. The minimum absolute atomic E-state index is 0.0811. The lowest BCUT2D eigenvalue weighted by Gasteiger charge is -2.09. The highest BCUT2D eigenvalue weighted by molar-refractivity contribution is 5.95. The highest BCUT2D eigenvalue weighted by Gasteiger charge is 2.09. The molecular formula is C23H20FN3O3. The molecule has 6 nitrogen and oxygen atoms in total. The van der Waals surface area contributed by atoms with Gasteiger partial charge in [0, 0.05) is 5.69 Å². The standard InChI is InChI=1S/C23H20FN3O3/c1-16-6-2-5-9-21(16)26-22(28)15-30-18-12-10-17(11-13-18)14-25-27-23(29)19-7-3-4-8-20(19)24/h2-14H,15H2,1H3,(H,26,28)(H,27,29)/b25-14-. The zero-order valence-electron chi connectivity index (χ0n) is 16.3. The van der Waals surface area contributed by atoms with Gasteiger partial charge in [-0.1, -0.05) is 30.3 Å². The third-order valence-corrected chi connectivity index (χ3v) is 4.17. The number of carbonyl (C=O) groups is 2. The monoisotopic (exact) mass is 405 g/mol. The van der Waals surface area contributed by atoms with Crippen molar-refractivity contribution in [3.05, 3.63) is 95.3 Å². The SMILES string of the molecule is Cc1ccccc1NC(=O)COc1ccc(/C=N\NC(=O)c2ccccc2F)cc1. The van der Waals surface area contributed by atoms with Crippen LogP contribution in [-0.2, 0) is 4.79 Å². The van der Waals surface area contributed by atoms with Gasteiger partial charge in [0.05, 0.1) is 11.8 Å². The van der Waals surface area contributed by atoms with E-state index in [1.165, 1.54) is 24.4 Å². The molecular weight excluding hydrogens is 385 g/mol. The fourth-order valence-corrected chi connectivity index (χ4v) is 2.57. The molecule has 0 heterocycles. The van der Waals surface area contributed by atoms with Crippen LogP contribution in [0.15, 0.2) is 77.9 Å². The molecule has 0 saturated heterocycles. The highest BCUT2D eigenvalue weighted by Crippen LogP contribution is 2.14. The summed E-state index contributed by atoms with van der Waals surface area (Å²) in [5, 5.41) is 6.62. The number of hydrogen-bond donors (Lipinski definition) is 2. The second-order valence-corrected chi connectivity index (χ2v) is 6.40. The molecule has 0 spiro atoms. The number of halogens is 1. The lowest BCUT2D eigenvalue weighted by molar-refractivity contribution is -0.118. The van der Waals surface area contributed by atoms with Crippen LogP contribution in [0.5, 0.6) is 5.75 Å². The van der Waals surface area contributed by atoms with Crippen molar-refractivity contribution >= 4 is 23.7 Å². The molecule has 30 heavy (non-hydrogen) atoms. The first-order valence-electron chi connectivity index (χ1n) is 9.19. The molecule has 3 aromatic rings. The summed E-state index contributed by atoms with van der Waals surface area (Å²) in [5.41, 5.74) is 4.61. The summed E-state index contributed by atoms with van der Waals surface area (Å²) in [4.78, 5) is 23.9. The van der Waals surface area contributed by atoms with Gasteiger partial charge in [0.2, 0.25) is 0 Å². The van der Waals surface area contributed by atoms with Crippen molar-refractivity contribution in [3.8, 4) is 5.75 Å². The van der Waals surface area contributed by atoms with E-state index >= 15 is 0 Å². The maximum atomic E-state index is 13.6. The zero-order valence-corrected chi connectivity index (χ0v) is 16.3. The number of anilines is 1. The molecule has 3 rings (SSSR count). The normalized spacial score (nSPS) is 10.6. The van der Waals surface area contributed by atoms with Crippen molar-refractivity contribution < 1.29 is 18.7 Å². The molecule has 152 valence electrons. The van der Waals surface area contributed by atoms with Crippen molar-refractivity contribution in [3.63, 3.8) is 0 Å². The van der Waals surface area contributed by atoms with E-state index in [9.17, 15) is 14.0 Å². The van der Waals surface area contributed by atoms with E-state index in [2.05, 4.69) is 15.8 Å². The number of para-hydroxylation sites is 1. The van der Waals surface area contributed by atoms with Gasteiger partial charge in [0.1, 0.15) is 11.6 Å². The molecule has 0 saturated carbocycles. The van der Waals surface area contributed by atoms with Crippen molar-refractivity contribution in [1.29, 1.82) is 0 Å². The van der Waals surface area contributed by atoms with E-state index in [1.807, 2.05) is 31.2 Å². The summed E-state index contributed by atoms with van der Waals surface area (Å²) in [6, 6.07) is 19.9. The third-order valence-electron chi connectivity index (χ3n) is 4.17. The summed E-state index contributed by atoms with van der Waals surface area (Å²) in [7, 11) is 0. The number of ether oxygens (including phenoxy) is 1. The van der Waals surface area contributed by atoms with Crippen LogP contribution >= 0.6 is 0 Å². The second-order valence-electron chi connectivity index (χ2n) is 6.40. The van der Waals surface area contributed by atoms with E-state index < -0.39 is 11.7 Å². The van der Waals surface area contributed by atoms with Crippen LogP contribution in [0.3, 0.4) is 0 Å². The quantitative estimate of drug-likeness (QED) is 0.462. The van der Waals surface area contributed by atoms with Crippen LogP contribution in [0, 0.1) is 12.7 Å². The molecule has 0 aliphatic carbocycles. The molecule has 7 heteroatoms. The van der Waals surface area contributed by atoms with Gasteiger partial charge in [-0.15, -0.1) is 0 Å². The van der Waals surface area contributed by atoms with Crippen LogP contribution in [0.1, 0.15) is 21.5 Å². The Kier molecular flexibility index (Phi) is 6.89. The number of carbonyl (C=O) groups excluding carboxylic acids is 2. The van der Waals surface area contributed by atoms with E-state index in [0.29, 0.717) is 11.3 Å². The van der Waals surface area contributed by atoms with Crippen LogP contribution in [0.4, 0.5) is 10.1 Å². The number of hydrazone groups is 1. The molecule has 0 aliphatic rings. The minimum Gasteiger partial charge on any atom is -0.484 e. The Hall–Kier alpha value is -4.00. The van der Waals surface area contributed by atoms with Crippen LogP contribution in [0.2, 0.25) is 0 Å². The number of amides is 2. The summed E-state index contributed by atoms with van der Waals surface area (Å²) in [6.45, 7) is 1.79. The van der Waals surface area contributed by atoms with Gasteiger partial charge in [-0.05, 0) is 60.5 Å². The van der Waals surface area contributed by atoms with Crippen molar-refractivity contribution in [2.45, 2.75) is 6.92 Å². The fourth-order valence-electron chi connectivity index (χ4n) is 2.57. The average Bonchev–Trinajstić information content (AvgIpc) is 2.75. The summed E-state index contributed by atoms with van der Waals surface area (Å²) >= 11 is 0. The van der Waals surface area contributed by atoms with Crippen LogP contribution in [0.25, 0.3) is 0 Å². The first-order valence-corrected chi connectivity index (χ1v) is 9.19. The first-order chi connectivity index (χ1) is 14.5. The van der Waals surface area contributed by atoms with E-state index in [-0.39, 0.29) is 18.1 Å². The van der Waals surface area contributed by atoms with E-state index in [4.69, 9.17) is 4.74 Å². The maximum absolute atomic E-state index is 13.6. The topological polar surface area (TPSA) is 79.8 Å². The predicted octanol–water partition coefficient (Wildman–Crippen LogP) is 3.92. The van der Waals surface area contributed by atoms with Crippen LogP contribution < -0.4 is 15.5 Å². The summed E-state index contributed by atoms with van der Waals surface area (Å²) in [5.74, 6) is -0.990. The van der Waals surface area contributed by atoms with Crippen LogP contribution in [-0.4, -0.2) is 24.6 Å². The second kappa shape index (κ2) is 9.97. The molecule has 0 bridgehead atoms. The van der Waals surface area contributed by atoms with Gasteiger partial charge < -0.3 is 10.1 Å². The summed E-state index contributed by atoms with van der Waals surface area (Å²) in [6.07, 6.45) is 1.42. The van der Waals surface area contributed by atoms with Gasteiger partial charge in [0.25, 0.3) is 11.8 Å². The minimum atomic E-state index is -0.635. The molecule has 0 radical (unpaired) electrons. The molecule has 0 unspecified atom stereocenters. The summed E-state index contributed by atoms with van der Waals surface area (Å²) < 4.78 is 19.0. The fraction of sp³-hybridized carbons (Fsp3) is 0.0870. The molecule has 0 aromatic heterocycles. The predicted molar refractivity (Wildman–Crippen MR) is 113 cm³/mol. The first kappa shape index (κ1) is 20.7. The van der Waals surface area contributed by atoms with Crippen molar-refractivity contribution in [2.24, 2.45) is 5.10 Å². The Morgan fingerprint density at radius 1 is 1.00 bits per heavy atom. The van der Waals surface area contributed by atoms with Crippen molar-refractivity contribution in [1.82, 2.24) is 5.43 Å². The van der Waals surface area contributed by atoms with E-state index in [1.54, 1.807) is 30.3 Å². The Bertz CT molecular complexity index is 1070. The molecule has 2 N–H and O–H groups in total. The van der Waals surface area contributed by atoms with E-state index in [0.717, 1.165) is 11.3 Å². The molecule has 0 aliphatic heterocycles. The maximum Gasteiger partial charge on any atom is 0.274 e. The smallest absolute Gasteiger partial charge is 0.274 e. The molecule has 3 aromatic carbocycles. The van der Waals surface area contributed by atoms with Gasteiger partial charge in [-0.2, -0.15) is 5.10 Å². The number of benzene rings is 3. The molecule has 0 fully saturated rings. The Balaban J connectivity index is 1.48.